The molecule has 0 saturated heterocycles. The lowest BCUT2D eigenvalue weighted by atomic mass is 9.85. The summed E-state index contributed by atoms with van der Waals surface area (Å²) in [6.45, 7) is 0.407. The molecule has 5 N–H and O–H groups in total. The van der Waals surface area contributed by atoms with E-state index in [1.807, 2.05) is 0 Å². The van der Waals surface area contributed by atoms with Crippen LogP contribution in [0.2, 0.25) is 0 Å². The summed E-state index contributed by atoms with van der Waals surface area (Å²) in [6, 6.07) is 5.63. The van der Waals surface area contributed by atoms with Crippen molar-refractivity contribution in [3.63, 3.8) is 0 Å². The quantitative estimate of drug-likeness (QED) is 0.166. The van der Waals surface area contributed by atoms with Crippen LogP contribution in [0, 0.1) is 0 Å². The van der Waals surface area contributed by atoms with Crippen LogP contribution in [0.25, 0.3) is 10.4 Å². The van der Waals surface area contributed by atoms with Crippen LogP contribution in [0.1, 0.15) is 29.6 Å². The molecule has 0 aliphatic rings. The first-order chi connectivity index (χ1) is 9.95. The fourth-order valence-corrected chi connectivity index (χ4v) is 1.85. The Morgan fingerprint density at radius 3 is 2.38 bits per heavy atom. The van der Waals surface area contributed by atoms with E-state index in [0.29, 0.717) is 25.1 Å². The molecule has 0 bridgehead atoms. The number of hydrogen-bond acceptors (Lipinski definition) is 5. The van der Waals surface area contributed by atoms with E-state index < -0.39 is 17.3 Å². The van der Waals surface area contributed by atoms with Gasteiger partial charge in [-0.2, -0.15) is 0 Å². The van der Waals surface area contributed by atoms with Crippen LogP contribution < -0.4 is 11.5 Å². The molecule has 21 heavy (non-hydrogen) atoms. The van der Waals surface area contributed by atoms with Crippen molar-refractivity contribution in [2.75, 3.05) is 6.54 Å². The Hall–Kier alpha value is -2.41. The number of unbranched alkanes of at least 4 members (excludes halogenated alkanes) is 1. The SMILES string of the molecule is [N-]=[N+]=Nc1ccc(C(=O)[C@@](N)(CCCCN)C(=O)O)cc1. The number of azide groups is 1. The van der Waals surface area contributed by atoms with Crippen LogP contribution in [-0.4, -0.2) is 28.9 Å². The standard InChI is InChI=1S/C13H17N5O3/c14-8-2-1-7-13(15,12(20)21)11(19)9-3-5-10(6-4-9)17-18-16/h3-6H,1-2,7-8,14-15H2,(H,20,21)/t13-/m0/s1. The Labute approximate surface area is 121 Å². The van der Waals surface area contributed by atoms with Crippen molar-refractivity contribution < 1.29 is 14.7 Å². The molecule has 0 saturated carbocycles. The van der Waals surface area contributed by atoms with Gasteiger partial charge in [-0.15, -0.1) is 0 Å². The molecule has 0 aromatic heterocycles. The maximum absolute atomic E-state index is 12.3. The van der Waals surface area contributed by atoms with Gasteiger partial charge >= 0.3 is 5.97 Å². The Morgan fingerprint density at radius 2 is 1.90 bits per heavy atom. The van der Waals surface area contributed by atoms with Crippen LogP contribution in [0.5, 0.6) is 0 Å². The molecule has 0 aliphatic carbocycles. The number of carbonyl (C=O) groups is 2. The van der Waals surface area contributed by atoms with E-state index in [9.17, 15) is 14.7 Å². The smallest absolute Gasteiger partial charge is 0.331 e. The molecule has 0 radical (unpaired) electrons. The van der Waals surface area contributed by atoms with Crippen molar-refractivity contribution in [3.8, 4) is 0 Å². The molecule has 0 aliphatic heterocycles. The molecule has 0 amide bonds. The molecular weight excluding hydrogens is 274 g/mol. The molecule has 8 heteroatoms. The number of rotatable bonds is 8. The Kier molecular flexibility index (Phi) is 5.86. The predicted molar refractivity (Wildman–Crippen MR) is 77.0 cm³/mol. The molecule has 1 aromatic carbocycles. The summed E-state index contributed by atoms with van der Waals surface area (Å²) in [5.41, 5.74) is 17.9. The van der Waals surface area contributed by atoms with Crippen LogP contribution in [0.15, 0.2) is 29.4 Å². The van der Waals surface area contributed by atoms with E-state index in [4.69, 9.17) is 17.0 Å². The number of carbonyl (C=O) groups excluding carboxylic acids is 1. The maximum Gasteiger partial charge on any atom is 0.331 e. The number of nitrogens with two attached hydrogens (primary N) is 2. The molecule has 0 unspecified atom stereocenters. The van der Waals surface area contributed by atoms with Gasteiger partial charge in [0.1, 0.15) is 0 Å². The van der Waals surface area contributed by atoms with Crippen LogP contribution in [-0.2, 0) is 4.79 Å². The molecule has 0 spiro atoms. The lowest BCUT2D eigenvalue weighted by molar-refractivity contribution is -0.141. The number of carboxylic acids is 1. The summed E-state index contributed by atoms with van der Waals surface area (Å²) in [4.78, 5) is 26.3. The summed E-state index contributed by atoms with van der Waals surface area (Å²) in [5.74, 6) is -2.05. The van der Waals surface area contributed by atoms with Crippen molar-refractivity contribution in [1.82, 2.24) is 0 Å². The van der Waals surface area contributed by atoms with Crippen LogP contribution in [0.3, 0.4) is 0 Å². The molecule has 1 rings (SSSR count). The zero-order valence-electron chi connectivity index (χ0n) is 11.4. The van der Waals surface area contributed by atoms with Crippen molar-refractivity contribution in [3.05, 3.63) is 40.3 Å². The lowest BCUT2D eigenvalue weighted by Gasteiger charge is -2.23. The molecule has 0 heterocycles. The summed E-state index contributed by atoms with van der Waals surface area (Å²) in [7, 11) is 0. The van der Waals surface area contributed by atoms with Crippen molar-refractivity contribution >= 4 is 17.4 Å². The first-order valence-corrected chi connectivity index (χ1v) is 6.38. The van der Waals surface area contributed by atoms with Gasteiger partial charge < -0.3 is 16.6 Å². The van der Waals surface area contributed by atoms with Crippen LogP contribution in [0.4, 0.5) is 5.69 Å². The number of ketones is 1. The van der Waals surface area contributed by atoms with Gasteiger partial charge in [0, 0.05) is 16.2 Å². The van der Waals surface area contributed by atoms with E-state index >= 15 is 0 Å². The minimum absolute atomic E-state index is 0.0104. The zero-order chi connectivity index (χ0) is 15.9. The second-order valence-corrected chi connectivity index (χ2v) is 4.59. The predicted octanol–water partition coefficient (Wildman–Crippen LogP) is 1.72. The average Bonchev–Trinajstić information content (AvgIpc) is 2.47. The molecule has 8 nitrogen and oxygen atoms in total. The first-order valence-electron chi connectivity index (χ1n) is 6.38. The fraction of sp³-hybridized carbons (Fsp3) is 0.385. The van der Waals surface area contributed by atoms with E-state index in [1.165, 1.54) is 24.3 Å². The highest BCUT2D eigenvalue weighted by Crippen LogP contribution is 2.21. The van der Waals surface area contributed by atoms with Crippen LogP contribution >= 0.6 is 0 Å². The monoisotopic (exact) mass is 291 g/mol. The van der Waals surface area contributed by atoms with Gasteiger partial charge in [0.05, 0.1) is 0 Å². The second-order valence-electron chi connectivity index (χ2n) is 4.59. The maximum atomic E-state index is 12.3. The minimum atomic E-state index is -1.98. The number of benzene rings is 1. The molecule has 0 fully saturated rings. The van der Waals surface area contributed by atoms with Gasteiger partial charge in [-0.05, 0) is 31.3 Å². The average molecular weight is 291 g/mol. The number of Topliss-reactive ketones (excluding diaryl/α,β-unsaturated/α-hetero) is 1. The molecule has 112 valence electrons. The summed E-state index contributed by atoms with van der Waals surface area (Å²) in [6.07, 6.45) is 1.05. The summed E-state index contributed by atoms with van der Waals surface area (Å²) in [5, 5.41) is 12.6. The summed E-state index contributed by atoms with van der Waals surface area (Å²) < 4.78 is 0. The third kappa shape index (κ3) is 4.03. The minimum Gasteiger partial charge on any atom is -0.480 e. The molecule has 1 atom stereocenters. The molecule has 1 aromatic rings. The van der Waals surface area contributed by atoms with E-state index in [1.54, 1.807) is 0 Å². The Morgan fingerprint density at radius 1 is 1.29 bits per heavy atom. The highest BCUT2D eigenvalue weighted by Gasteiger charge is 2.41. The van der Waals surface area contributed by atoms with E-state index in [-0.39, 0.29) is 12.0 Å². The van der Waals surface area contributed by atoms with Gasteiger partial charge in [0.2, 0.25) is 0 Å². The van der Waals surface area contributed by atoms with Crippen molar-refractivity contribution in [2.45, 2.75) is 24.8 Å². The van der Waals surface area contributed by atoms with E-state index in [2.05, 4.69) is 10.0 Å². The van der Waals surface area contributed by atoms with Gasteiger partial charge in [-0.25, -0.2) is 4.79 Å². The zero-order valence-corrected chi connectivity index (χ0v) is 11.4. The highest BCUT2D eigenvalue weighted by molar-refractivity contribution is 6.15. The van der Waals surface area contributed by atoms with E-state index in [0.717, 1.165) is 0 Å². The number of nitrogens with zero attached hydrogens (tertiary/aromatic N) is 3. The highest BCUT2D eigenvalue weighted by atomic mass is 16.4. The normalized spacial score (nSPS) is 13.0. The van der Waals surface area contributed by atoms with Crippen molar-refractivity contribution in [2.24, 2.45) is 16.6 Å². The number of aliphatic carboxylic acids is 1. The summed E-state index contributed by atoms with van der Waals surface area (Å²) >= 11 is 0. The number of carboxylic acid groups (broad SMARTS) is 1. The van der Waals surface area contributed by atoms with Gasteiger partial charge in [-0.3, -0.25) is 4.79 Å². The first kappa shape index (κ1) is 16.6. The van der Waals surface area contributed by atoms with Gasteiger partial charge in [0.15, 0.2) is 11.3 Å². The largest absolute Gasteiger partial charge is 0.480 e. The topological polar surface area (TPSA) is 155 Å². The lowest BCUT2D eigenvalue weighted by Crippen LogP contribution is -2.55. The second kappa shape index (κ2) is 7.39. The third-order valence-electron chi connectivity index (χ3n) is 3.10. The molecular formula is C13H17N5O3. The Balaban J connectivity index is 2.99. The van der Waals surface area contributed by atoms with Crippen molar-refractivity contribution in [1.29, 1.82) is 0 Å². The third-order valence-corrected chi connectivity index (χ3v) is 3.10. The number of hydrogen-bond donors (Lipinski definition) is 3. The van der Waals surface area contributed by atoms with Gasteiger partial charge in [-0.1, -0.05) is 29.4 Å². The van der Waals surface area contributed by atoms with Gasteiger partial charge in [0.25, 0.3) is 0 Å². The fourth-order valence-electron chi connectivity index (χ4n) is 1.85. The Bertz CT molecular complexity index is 566.